The van der Waals surface area contributed by atoms with E-state index in [0.29, 0.717) is 46.7 Å². The van der Waals surface area contributed by atoms with Crippen LogP contribution in [0, 0.1) is 0 Å². The predicted octanol–water partition coefficient (Wildman–Crippen LogP) is 4.32. The molecule has 1 saturated heterocycles. The number of carbonyl (C=O) groups excluding carboxylic acids is 1. The van der Waals surface area contributed by atoms with Crippen molar-refractivity contribution in [3.63, 3.8) is 0 Å². The first kappa shape index (κ1) is 25.3. The summed E-state index contributed by atoms with van der Waals surface area (Å²) < 4.78 is 11.2. The molecule has 0 aliphatic carbocycles. The van der Waals surface area contributed by atoms with Gasteiger partial charge >= 0.3 is 0 Å². The highest BCUT2D eigenvalue weighted by Gasteiger charge is 2.12. The Hall–Kier alpha value is -2.84. The van der Waals surface area contributed by atoms with Crippen LogP contribution in [0.3, 0.4) is 0 Å². The van der Waals surface area contributed by atoms with Crippen molar-refractivity contribution in [2.75, 3.05) is 51.7 Å². The molecule has 7 nitrogen and oxygen atoms in total. The zero-order chi connectivity index (χ0) is 24.6. The minimum atomic E-state index is -0.0949. The highest BCUT2D eigenvalue weighted by molar-refractivity contribution is 6.36. The van der Waals surface area contributed by atoms with Crippen molar-refractivity contribution in [2.24, 2.45) is 0 Å². The number of nitrogens with one attached hydrogen (secondary N) is 1. The Morgan fingerprint density at radius 2 is 1.80 bits per heavy atom. The number of nitrogens with zero attached hydrogens (tertiary/aromatic N) is 2. The van der Waals surface area contributed by atoms with E-state index in [0.717, 1.165) is 49.5 Å². The molecule has 9 heteroatoms. The number of carbonyl (C=O) groups is 1. The van der Waals surface area contributed by atoms with Gasteiger partial charge in [0.15, 0.2) is 11.6 Å². The Bertz CT molecular complexity index is 1130. The quantitative estimate of drug-likeness (QED) is 0.441. The summed E-state index contributed by atoms with van der Waals surface area (Å²) in [6.07, 6.45) is 2.22. The van der Waals surface area contributed by atoms with Crippen molar-refractivity contribution in [3.8, 4) is 16.9 Å². The molecule has 2 aromatic carbocycles. The molecule has 1 aliphatic rings. The van der Waals surface area contributed by atoms with E-state index in [9.17, 15) is 4.79 Å². The van der Waals surface area contributed by atoms with Gasteiger partial charge in [-0.15, -0.1) is 0 Å². The largest absolute Gasteiger partial charge is 0.489 e. The van der Waals surface area contributed by atoms with Gasteiger partial charge in [0.2, 0.25) is 0 Å². The van der Waals surface area contributed by atoms with Gasteiger partial charge in [-0.3, -0.25) is 9.69 Å². The minimum absolute atomic E-state index is 0.0949. The molecule has 1 aliphatic heterocycles. The van der Waals surface area contributed by atoms with Gasteiger partial charge in [0.25, 0.3) is 5.91 Å². The Balaban J connectivity index is 1.33. The fraction of sp³-hybridized carbons (Fsp3) is 0.308. The smallest absolute Gasteiger partial charge is 0.251 e. The predicted molar refractivity (Wildman–Crippen MR) is 139 cm³/mol. The molecule has 2 heterocycles. The molecule has 0 saturated carbocycles. The first-order chi connectivity index (χ1) is 17.0. The van der Waals surface area contributed by atoms with Crippen LogP contribution in [0.1, 0.15) is 15.9 Å². The number of halogens is 2. The van der Waals surface area contributed by atoms with E-state index in [1.165, 1.54) is 0 Å². The summed E-state index contributed by atoms with van der Waals surface area (Å²) >= 11 is 12.5. The Morgan fingerprint density at radius 1 is 1.09 bits per heavy atom. The van der Waals surface area contributed by atoms with Crippen molar-refractivity contribution in [1.82, 2.24) is 15.2 Å². The lowest BCUT2D eigenvalue weighted by molar-refractivity contribution is 0.0383. The van der Waals surface area contributed by atoms with Crippen molar-refractivity contribution in [2.45, 2.75) is 6.42 Å². The van der Waals surface area contributed by atoms with E-state index in [2.05, 4.69) is 15.2 Å². The second-order valence-corrected chi connectivity index (χ2v) is 9.01. The molecule has 3 N–H and O–H groups in total. The lowest BCUT2D eigenvalue weighted by atomic mass is 10.0. The van der Waals surface area contributed by atoms with Crippen LogP contribution in [0.2, 0.25) is 10.0 Å². The number of hydrogen-bond donors (Lipinski definition) is 2. The number of nitrogens with two attached hydrogens (primary N) is 1. The standard InChI is InChI=1S/C26H28Cl2N4O3/c27-22-2-1-3-23(28)21(22)8-13-35-24-16-20(17-31-25(24)29)18-4-6-19(7-5-18)26(33)30-9-10-32-11-14-34-15-12-32/h1-7,16-17H,8-15H2,(H2,29,31)(H,30,33). The molecule has 0 spiro atoms. The van der Waals surface area contributed by atoms with Gasteiger partial charge in [-0.25, -0.2) is 4.98 Å². The third-order valence-electron chi connectivity index (χ3n) is 5.85. The maximum Gasteiger partial charge on any atom is 0.251 e. The monoisotopic (exact) mass is 514 g/mol. The highest BCUT2D eigenvalue weighted by Crippen LogP contribution is 2.29. The van der Waals surface area contributed by atoms with Gasteiger partial charge in [-0.05, 0) is 41.5 Å². The molecular formula is C26H28Cl2N4O3. The maximum absolute atomic E-state index is 12.5. The van der Waals surface area contributed by atoms with Gasteiger partial charge in [0, 0.05) is 60.0 Å². The van der Waals surface area contributed by atoms with Gasteiger partial charge in [-0.1, -0.05) is 41.4 Å². The number of anilines is 1. The first-order valence-electron chi connectivity index (χ1n) is 11.5. The molecule has 0 unspecified atom stereocenters. The fourth-order valence-corrected chi connectivity index (χ4v) is 4.42. The van der Waals surface area contributed by atoms with Crippen molar-refractivity contribution < 1.29 is 14.3 Å². The summed E-state index contributed by atoms with van der Waals surface area (Å²) in [4.78, 5) is 19.0. The van der Waals surface area contributed by atoms with Crippen LogP contribution in [-0.2, 0) is 11.2 Å². The zero-order valence-corrected chi connectivity index (χ0v) is 20.8. The van der Waals surface area contributed by atoms with Crippen LogP contribution >= 0.6 is 23.2 Å². The van der Waals surface area contributed by atoms with E-state index in [1.807, 2.05) is 18.2 Å². The lowest BCUT2D eigenvalue weighted by Crippen LogP contribution is -2.41. The molecule has 1 aromatic heterocycles. The second-order valence-electron chi connectivity index (χ2n) is 8.19. The molecule has 184 valence electrons. The molecule has 4 rings (SSSR count). The van der Waals surface area contributed by atoms with Gasteiger partial charge in [0.05, 0.1) is 19.8 Å². The average Bonchev–Trinajstić information content (AvgIpc) is 2.87. The van der Waals surface area contributed by atoms with Crippen molar-refractivity contribution in [1.29, 1.82) is 0 Å². The fourth-order valence-electron chi connectivity index (χ4n) is 3.83. The summed E-state index contributed by atoms with van der Waals surface area (Å²) in [5, 5.41) is 4.18. The summed E-state index contributed by atoms with van der Waals surface area (Å²) in [6, 6.07) is 14.6. The number of amides is 1. The molecule has 3 aromatic rings. The third-order valence-corrected chi connectivity index (χ3v) is 6.56. The summed E-state index contributed by atoms with van der Waals surface area (Å²) in [6.45, 7) is 5.07. The molecule has 0 atom stereocenters. The second kappa shape index (κ2) is 12.2. The molecule has 0 bridgehead atoms. The van der Waals surface area contributed by atoms with Crippen LogP contribution in [0.25, 0.3) is 11.1 Å². The van der Waals surface area contributed by atoms with Gasteiger partial charge in [0.1, 0.15) is 0 Å². The normalized spacial score (nSPS) is 14.0. The molecule has 1 amide bonds. The Kier molecular flexibility index (Phi) is 8.82. The van der Waals surface area contributed by atoms with E-state index < -0.39 is 0 Å². The highest BCUT2D eigenvalue weighted by atomic mass is 35.5. The van der Waals surface area contributed by atoms with Crippen molar-refractivity contribution in [3.05, 3.63) is 75.9 Å². The summed E-state index contributed by atoms with van der Waals surface area (Å²) in [5.41, 5.74) is 9.20. The number of morpholine rings is 1. The Labute approximate surface area is 215 Å². The number of nitrogen functional groups attached to an aromatic ring is 1. The van der Waals surface area contributed by atoms with Crippen LogP contribution < -0.4 is 15.8 Å². The minimum Gasteiger partial charge on any atom is -0.489 e. The summed E-state index contributed by atoms with van der Waals surface area (Å²) in [7, 11) is 0. The average molecular weight is 515 g/mol. The van der Waals surface area contributed by atoms with Crippen LogP contribution in [0.15, 0.2) is 54.7 Å². The van der Waals surface area contributed by atoms with E-state index in [-0.39, 0.29) is 5.91 Å². The first-order valence-corrected chi connectivity index (χ1v) is 12.3. The number of aromatic nitrogens is 1. The van der Waals surface area contributed by atoms with Crippen LogP contribution in [0.4, 0.5) is 5.82 Å². The number of ether oxygens (including phenoxy) is 2. The maximum atomic E-state index is 12.5. The lowest BCUT2D eigenvalue weighted by Gasteiger charge is -2.26. The number of rotatable bonds is 9. The number of hydrogen-bond acceptors (Lipinski definition) is 6. The Morgan fingerprint density at radius 3 is 2.51 bits per heavy atom. The third kappa shape index (κ3) is 6.86. The SMILES string of the molecule is Nc1ncc(-c2ccc(C(=O)NCCN3CCOCC3)cc2)cc1OCCc1c(Cl)cccc1Cl. The van der Waals surface area contributed by atoms with Gasteiger partial charge in [-0.2, -0.15) is 0 Å². The zero-order valence-electron chi connectivity index (χ0n) is 19.3. The molecular weight excluding hydrogens is 487 g/mol. The number of benzene rings is 2. The van der Waals surface area contributed by atoms with Crippen LogP contribution in [-0.4, -0.2) is 61.8 Å². The summed E-state index contributed by atoms with van der Waals surface area (Å²) in [5.74, 6) is 0.688. The molecule has 35 heavy (non-hydrogen) atoms. The molecule has 1 fully saturated rings. The number of pyridine rings is 1. The van der Waals surface area contributed by atoms with Crippen molar-refractivity contribution >= 4 is 34.9 Å². The van der Waals surface area contributed by atoms with E-state index in [1.54, 1.807) is 36.5 Å². The topological polar surface area (TPSA) is 89.7 Å². The van der Waals surface area contributed by atoms with E-state index in [4.69, 9.17) is 38.4 Å². The van der Waals surface area contributed by atoms with E-state index >= 15 is 0 Å². The molecule has 0 radical (unpaired) electrons. The van der Waals surface area contributed by atoms with Crippen LogP contribution in [0.5, 0.6) is 5.75 Å². The van der Waals surface area contributed by atoms with Gasteiger partial charge < -0.3 is 20.5 Å².